The molecule has 0 radical (unpaired) electrons. The first kappa shape index (κ1) is 20.6. The van der Waals surface area contributed by atoms with Gasteiger partial charge in [-0.1, -0.05) is 0 Å². The molecule has 0 spiro atoms. The van der Waals surface area contributed by atoms with E-state index in [1.807, 2.05) is 0 Å². The average Bonchev–Trinajstić information content (AvgIpc) is 2.57. The molecule has 9 atom stereocenters. The summed E-state index contributed by atoms with van der Waals surface area (Å²) in [5.74, 6) is 0. The molecule has 1 aliphatic heterocycles. The number of hydrogen-bond acceptors (Lipinski definition) is 11. The maximum atomic E-state index is 9.83. The van der Waals surface area contributed by atoms with E-state index in [2.05, 4.69) is 0 Å². The number of hydrogen-bond donors (Lipinski definition) is 9. The lowest BCUT2D eigenvalue weighted by molar-refractivity contribution is -0.327. The minimum absolute atomic E-state index is 0.708. The van der Waals surface area contributed by atoms with Crippen molar-refractivity contribution in [2.75, 3.05) is 19.8 Å². The average molecular weight is 344 g/mol. The highest BCUT2D eigenvalue weighted by molar-refractivity contribution is 4.91. The van der Waals surface area contributed by atoms with E-state index in [1.54, 1.807) is 0 Å². The van der Waals surface area contributed by atoms with Gasteiger partial charge in [0.1, 0.15) is 48.8 Å². The highest BCUT2D eigenvalue weighted by Crippen LogP contribution is 2.24. The normalized spacial score (nSPS) is 37.2. The van der Waals surface area contributed by atoms with Crippen LogP contribution < -0.4 is 0 Å². The predicted octanol–water partition coefficient (Wildman–Crippen LogP) is -5.76. The summed E-state index contributed by atoms with van der Waals surface area (Å²) in [5.41, 5.74) is 0. The molecule has 9 N–H and O–H groups in total. The third kappa shape index (κ3) is 4.78. The molecule has 0 aromatic carbocycles. The lowest BCUT2D eigenvalue weighted by Gasteiger charge is -2.42. The number of aliphatic hydroxyl groups is 9. The minimum atomic E-state index is -1.85. The largest absolute Gasteiger partial charge is 0.394 e. The Labute approximate surface area is 131 Å². The highest BCUT2D eigenvalue weighted by atomic mass is 16.7. The van der Waals surface area contributed by atoms with Crippen LogP contribution in [0, 0.1) is 0 Å². The molecule has 138 valence electrons. The van der Waals surface area contributed by atoms with E-state index in [0.717, 1.165) is 0 Å². The standard InChI is InChI=1S/C12H24O11/c13-1-4(16)7(18)11(5(17)2-14)23-12-10(21)9(20)8(19)6(3-15)22-12/h4-21H,1-3H2/t4-,5+,6+,7+,8+,9-,10+,11+,12-/m0/s1. The molecule has 1 heterocycles. The van der Waals surface area contributed by atoms with Crippen molar-refractivity contribution in [3.8, 4) is 0 Å². The van der Waals surface area contributed by atoms with Crippen LogP contribution in [0.5, 0.6) is 0 Å². The van der Waals surface area contributed by atoms with Gasteiger partial charge in [-0.15, -0.1) is 0 Å². The molecule has 0 aromatic heterocycles. The zero-order valence-electron chi connectivity index (χ0n) is 12.2. The lowest BCUT2D eigenvalue weighted by Crippen LogP contribution is -2.61. The first-order valence-electron chi connectivity index (χ1n) is 7.00. The van der Waals surface area contributed by atoms with Crippen LogP contribution in [0.25, 0.3) is 0 Å². The fraction of sp³-hybridized carbons (Fsp3) is 1.00. The van der Waals surface area contributed by atoms with Gasteiger partial charge < -0.3 is 55.4 Å². The van der Waals surface area contributed by atoms with Gasteiger partial charge in [-0.2, -0.15) is 0 Å². The van der Waals surface area contributed by atoms with E-state index in [-0.39, 0.29) is 0 Å². The monoisotopic (exact) mass is 344 g/mol. The summed E-state index contributed by atoms with van der Waals surface area (Å²) in [7, 11) is 0. The van der Waals surface area contributed by atoms with Crippen molar-refractivity contribution in [2.24, 2.45) is 0 Å². The molecule has 0 saturated carbocycles. The van der Waals surface area contributed by atoms with Gasteiger partial charge in [-0.05, 0) is 0 Å². The Morgan fingerprint density at radius 2 is 1.39 bits per heavy atom. The molecule has 0 amide bonds. The van der Waals surface area contributed by atoms with Crippen LogP contribution in [-0.2, 0) is 9.47 Å². The molecule has 11 nitrogen and oxygen atoms in total. The molecule has 1 rings (SSSR count). The first-order chi connectivity index (χ1) is 10.8. The summed E-state index contributed by atoms with van der Waals surface area (Å²) in [4.78, 5) is 0. The third-order valence-electron chi connectivity index (χ3n) is 3.62. The second-order valence-electron chi connectivity index (χ2n) is 5.29. The molecular formula is C12H24O11. The van der Waals surface area contributed by atoms with Gasteiger partial charge in [0.15, 0.2) is 6.29 Å². The van der Waals surface area contributed by atoms with Gasteiger partial charge in [0.25, 0.3) is 0 Å². The fourth-order valence-corrected chi connectivity index (χ4v) is 2.16. The molecule has 0 aliphatic carbocycles. The summed E-state index contributed by atoms with van der Waals surface area (Å²) >= 11 is 0. The van der Waals surface area contributed by atoms with Crippen molar-refractivity contribution in [3.63, 3.8) is 0 Å². The quantitative estimate of drug-likeness (QED) is 0.203. The van der Waals surface area contributed by atoms with Gasteiger partial charge in [0.2, 0.25) is 0 Å². The van der Waals surface area contributed by atoms with Gasteiger partial charge in [-0.3, -0.25) is 0 Å². The van der Waals surface area contributed by atoms with Crippen LogP contribution >= 0.6 is 0 Å². The fourth-order valence-electron chi connectivity index (χ4n) is 2.16. The third-order valence-corrected chi connectivity index (χ3v) is 3.62. The molecule has 0 aromatic rings. The van der Waals surface area contributed by atoms with Crippen LogP contribution in [0.2, 0.25) is 0 Å². The van der Waals surface area contributed by atoms with E-state index in [1.165, 1.54) is 0 Å². The summed E-state index contributed by atoms with van der Waals surface area (Å²) in [6.45, 7) is -2.45. The number of ether oxygens (including phenoxy) is 2. The van der Waals surface area contributed by atoms with Gasteiger partial charge in [0, 0.05) is 0 Å². The molecule has 23 heavy (non-hydrogen) atoms. The van der Waals surface area contributed by atoms with Gasteiger partial charge >= 0.3 is 0 Å². The van der Waals surface area contributed by atoms with E-state index in [4.69, 9.17) is 24.8 Å². The smallest absolute Gasteiger partial charge is 0.187 e. The van der Waals surface area contributed by atoms with E-state index < -0.39 is 74.9 Å². The lowest BCUT2D eigenvalue weighted by atomic mass is 9.98. The van der Waals surface area contributed by atoms with E-state index >= 15 is 0 Å². The zero-order valence-corrected chi connectivity index (χ0v) is 12.2. The van der Waals surface area contributed by atoms with Crippen LogP contribution in [0.15, 0.2) is 0 Å². The molecule has 0 unspecified atom stereocenters. The zero-order chi connectivity index (χ0) is 17.7. The Morgan fingerprint density at radius 3 is 1.87 bits per heavy atom. The topological polar surface area (TPSA) is 201 Å². The SMILES string of the molecule is OC[C@@H](O)[C@@H](O[C@@H]1O[C@H](CO)[C@@H](O)[C@H](O)[C@H]1O)[C@H](O)[C@@H](O)CO. The van der Waals surface area contributed by atoms with Crippen molar-refractivity contribution < 1.29 is 55.4 Å². The summed E-state index contributed by atoms with van der Waals surface area (Å²) < 4.78 is 10.1. The van der Waals surface area contributed by atoms with E-state index in [0.29, 0.717) is 0 Å². The second-order valence-corrected chi connectivity index (χ2v) is 5.29. The molecule has 1 saturated heterocycles. The van der Waals surface area contributed by atoms with Crippen LogP contribution in [0.1, 0.15) is 0 Å². The number of rotatable bonds is 8. The Bertz CT molecular complexity index is 341. The Kier molecular flexibility index (Phi) is 8.20. The number of aliphatic hydroxyl groups excluding tert-OH is 9. The Balaban J connectivity index is 2.89. The Morgan fingerprint density at radius 1 is 0.826 bits per heavy atom. The summed E-state index contributed by atoms with van der Waals surface area (Å²) in [6, 6.07) is 0. The molecule has 0 bridgehead atoms. The van der Waals surface area contributed by atoms with Crippen LogP contribution in [-0.4, -0.2) is 121 Å². The second kappa shape index (κ2) is 9.15. The predicted molar refractivity (Wildman–Crippen MR) is 70.8 cm³/mol. The maximum absolute atomic E-state index is 9.83. The van der Waals surface area contributed by atoms with Gasteiger partial charge in [0.05, 0.1) is 19.8 Å². The van der Waals surface area contributed by atoms with Gasteiger partial charge in [-0.25, -0.2) is 0 Å². The summed E-state index contributed by atoms with van der Waals surface area (Å²) in [5, 5.41) is 84.9. The minimum Gasteiger partial charge on any atom is -0.394 e. The van der Waals surface area contributed by atoms with Crippen molar-refractivity contribution in [3.05, 3.63) is 0 Å². The molecule has 1 fully saturated rings. The van der Waals surface area contributed by atoms with E-state index in [9.17, 15) is 30.6 Å². The molecular weight excluding hydrogens is 320 g/mol. The molecule has 11 heteroatoms. The summed E-state index contributed by atoms with van der Waals surface area (Å²) in [6.07, 6.45) is -15.1. The van der Waals surface area contributed by atoms with Crippen molar-refractivity contribution in [1.82, 2.24) is 0 Å². The highest BCUT2D eigenvalue weighted by Gasteiger charge is 2.46. The van der Waals surface area contributed by atoms with Crippen molar-refractivity contribution >= 4 is 0 Å². The molecule has 1 aliphatic rings. The first-order valence-corrected chi connectivity index (χ1v) is 7.00. The van der Waals surface area contributed by atoms with Crippen LogP contribution in [0.3, 0.4) is 0 Å². The van der Waals surface area contributed by atoms with Crippen molar-refractivity contribution in [2.45, 2.75) is 55.1 Å². The van der Waals surface area contributed by atoms with Crippen molar-refractivity contribution in [1.29, 1.82) is 0 Å². The maximum Gasteiger partial charge on any atom is 0.187 e. The van der Waals surface area contributed by atoms with Crippen LogP contribution in [0.4, 0.5) is 0 Å². The Hall–Kier alpha value is -0.440.